The van der Waals surface area contributed by atoms with Crippen molar-refractivity contribution in [1.29, 1.82) is 0 Å². The van der Waals surface area contributed by atoms with Gasteiger partial charge in [0.2, 0.25) is 0 Å². The average Bonchev–Trinajstić information content (AvgIpc) is 2.27. The van der Waals surface area contributed by atoms with Gasteiger partial charge in [0.25, 0.3) is 5.69 Å². The van der Waals surface area contributed by atoms with Gasteiger partial charge in [0, 0.05) is 6.07 Å². The second kappa shape index (κ2) is 5.58. The van der Waals surface area contributed by atoms with E-state index in [2.05, 4.69) is 20.7 Å². The molecule has 18 heavy (non-hydrogen) atoms. The predicted octanol–water partition coefficient (Wildman–Crippen LogP) is 2.23. The molecular formula is C10H8BrNO6. The second-order valence-electron chi connectivity index (χ2n) is 3.10. The molecule has 0 aliphatic rings. The molecule has 0 spiro atoms. The molecule has 0 saturated heterocycles. The van der Waals surface area contributed by atoms with Crippen molar-refractivity contribution >= 4 is 33.6 Å². The first-order chi connectivity index (χ1) is 8.40. The quantitative estimate of drug-likeness (QED) is 0.518. The largest absolute Gasteiger partial charge is 0.478 e. The van der Waals surface area contributed by atoms with Crippen molar-refractivity contribution in [2.24, 2.45) is 0 Å². The van der Waals surface area contributed by atoms with Crippen molar-refractivity contribution in [3.05, 3.63) is 37.8 Å². The van der Waals surface area contributed by atoms with E-state index >= 15 is 0 Å². The smallest absolute Gasteiger partial charge is 0.340 e. The van der Waals surface area contributed by atoms with E-state index in [4.69, 9.17) is 5.11 Å². The molecule has 1 rings (SSSR count). The predicted molar refractivity (Wildman–Crippen MR) is 63.7 cm³/mol. The van der Waals surface area contributed by atoms with Gasteiger partial charge in [0.1, 0.15) is 4.47 Å². The number of nitro benzene ring substituents is 1. The number of ether oxygens (including phenoxy) is 1. The van der Waals surface area contributed by atoms with Crippen LogP contribution in [0.5, 0.6) is 0 Å². The lowest BCUT2D eigenvalue weighted by atomic mass is 10.1. The zero-order valence-corrected chi connectivity index (χ0v) is 10.8. The van der Waals surface area contributed by atoms with Gasteiger partial charge in [0.15, 0.2) is 0 Å². The molecule has 0 heterocycles. The standard InChI is InChI=1S/C10H8BrNO6/c1-2-18-10(15)7-5(9(13)14)3-4-6(8(7)11)12(16)17/h3-4H,2H2,1H3,(H,13,14). The molecule has 1 aromatic rings. The number of aromatic carboxylic acids is 1. The number of benzene rings is 1. The normalized spacial score (nSPS) is 9.89. The number of rotatable bonds is 4. The lowest BCUT2D eigenvalue weighted by Crippen LogP contribution is -2.13. The maximum absolute atomic E-state index is 11.6. The van der Waals surface area contributed by atoms with Gasteiger partial charge in [-0.05, 0) is 28.9 Å². The van der Waals surface area contributed by atoms with E-state index in [1.807, 2.05) is 0 Å². The highest BCUT2D eigenvalue weighted by atomic mass is 79.9. The van der Waals surface area contributed by atoms with E-state index in [9.17, 15) is 19.7 Å². The first-order valence-corrected chi connectivity index (χ1v) is 5.56. The minimum Gasteiger partial charge on any atom is -0.478 e. The fourth-order valence-corrected chi connectivity index (χ4v) is 1.94. The van der Waals surface area contributed by atoms with Gasteiger partial charge in [0.05, 0.1) is 22.7 Å². The second-order valence-corrected chi connectivity index (χ2v) is 3.90. The molecule has 0 aromatic heterocycles. The fourth-order valence-electron chi connectivity index (χ4n) is 1.29. The first-order valence-electron chi connectivity index (χ1n) is 4.77. The summed E-state index contributed by atoms with van der Waals surface area (Å²) in [6, 6.07) is 2.01. The minimum atomic E-state index is -1.37. The van der Waals surface area contributed by atoms with Crippen molar-refractivity contribution in [2.45, 2.75) is 6.92 Å². The molecule has 0 bridgehead atoms. The first kappa shape index (κ1) is 14.1. The lowest BCUT2D eigenvalue weighted by Gasteiger charge is -2.08. The number of halogens is 1. The molecule has 0 saturated carbocycles. The average molecular weight is 318 g/mol. The zero-order valence-electron chi connectivity index (χ0n) is 9.18. The third kappa shape index (κ3) is 2.65. The zero-order chi connectivity index (χ0) is 13.9. The molecule has 1 aromatic carbocycles. The maximum Gasteiger partial charge on any atom is 0.340 e. The highest BCUT2D eigenvalue weighted by Gasteiger charge is 2.27. The summed E-state index contributed by atoms with van der Waals surface area (Å²) in [6.45, 7) is 1.58. The molecule has 0 aliphatic carbocycles. The van der Waals surface area contributed by atoms with E-state index in [0.29, 0.717) is 0 Å². The number of nitro groups is 1. The summed E-state index contributed by atoms with van der Waals surface area (Å²) in [7, 11) is 0. The van der Waals surface area contributed by atoms with Crippen LogP contribution >= 0.6 is 15.9 Å². The van der Waals surface area contributed by atoms with Crippen molar-refractivity contribution in [3.8, 4) is 0 Å². The van der Waals surface area contributed by atoms with Crippen LogP contribution in [0.2, 0.25) is 0 Å². The van der Waals surface area contributed by atoms with Crippen LogP contribution in [0.3, 0.4) is 0 Å². The Morgan fingerprint density at radius 1 is 1.50 bits per heavy atom. The van der Waals surface area contributed by atoms with Crippen LogP contribution in [0.1, 0.15) is 27.6 Å². The summed E-state index contributed by atoms with van der Waals surface area (Å²) >= 11 is 2.87. The number of esters is 1. The summed E-state index contributed by atoms with van der Waals surface area (Å²) in [6.07, 6.45) is 0. The Balaban J connectivity index is 3.50. The SMILES string of the molecule is CCOC(=O)c1c(C(=O)O)ccc([N+](=O)[O-])c1Br. The van der Waals surface area contributed by atoms with Gasteiger partial charge in [-0.3, -0.25) is 10.1 Å². The van der Waals surface area contributed by atoms with Crippen molar-refractivity contribution in [3.63, 3.8) is 0 Å². The Kier molecular flexibility index (Phi) is 4.38. The van der Waals surface area contributed by atoms with Gasteiger partial charge in [-0.25, -0.2) is 9.59 Å². The Labute approximate surface area is 110 Å². The molecular weight excluding hydrogens is 310 g/mol. The van der Waals surface area contributed by atoms with Gasteiger partial charge in [-0.1, -0.05) is 0 Å². The molecule has 0 aliphatic heterocycles. The number of carbonyl (C=O) groups excluding carboxylic acids is 1. The van der Waals surface area contributed by atoms with E-state index in [-0.39, 0.29) is 22.2 Å². The number of carboxylic acid groups (broad SMARTS) is 1. The summed E-state index contributed by atoms with van der Waals surface area (Å²) in [4.78, 5) is 32.6. The highest BCUT2D eigenvalue weighted by molar-refractivity contribution is 9.10. The lowest BCUT2D eigenvalue weighted by molar-refractivity contribution is -0.385. The number of carboxylic acids is 1. The number of carbonyl (C=O) groups is 2. The summed E-state index contributed by atoms with van der Waals surface area (Å²) in [5, 5.41) is 19.6. The molecule has 7 nitrogen and oxygen atoms in total. The minimum absolute atomic E-state index is 0.0347. The Morgan fingerprint density at radius 2 is 2.11 bits per heavy atom. The molecule has 0 fully saturated rings. The Bertz CT molecular complexity index is 527. The van der Waals surface area contributed by atoms with Crippen molar-refractivity contribution < 1.29 is 24.4 Å². The van der Waals surface area contributed by atoms with E-state index in [1.54, 1.807) is 6.92 Å². The summed E-state index contributed by atoms with van der Waals surface area (Å²) < 4.78 is 4.48. The molecule has 0 unspecified atom stereocenters. The number of hydrogen-bond donors (Lipinski definition) is 1. The van der Waals surface area contributed by atoms with Crippen LogP contribution in [-0.2, 0) is 4.74 Å². The van der Waals surface area contributed by atoms with E-state index in [1.165, 1.54) is 0 Å². The van der Waals surface area contributed by atoms with Crippen LogP contribution in [0, 0.1) is 10.1 Å². The molecule has 0 radical (unpaired) electrons. The van der Waals surface area contributed by atoms with Crippen LogP contribution in [0.25, 0.3) is 0 Å². The molecule has 0 atom stereocenters. The monoisotopic (exact) mass is 317 g/mol. The maximum atomic E-state index is 11.6. The van der Waals surface area contributed by atoms with Gasteiger partial charge in [-0.2, -0.15) is 0 Å². The molecule has 0 amide bonds. The van der Waals surface area contributed by atoms with Crippen LogP contribution < -0.4 is 0 Å². The molecule has 1 N–H and O–H groups in total. The summed E-state index contributed by atoms with van der Waals surface area (Å²) in [5.41, 5.74) is -1.12. The third-order valence-corrected chi connectivity index (χ3v) is 2.83. The topological polar surface area (TPSA) is 107 Å². The fraction of sp³-hybridized carbons (Fsp3) is 0.200. The van der Waals surface area contributed by atoms with Gasteiger partial charge < -0.3 is 9.84 Å². The van der Waals surface area contributed by atoms with Gasteiger partial charge in [-0.15, -0.1) is 0 Å². The highest BCUT2D eigenvalue weighted by Crippen LogP contribution is 2.31. The van der Waals surface area contributed by atoms with Crippen molar-refractivity contribution in [2.75, 3.05) is 6.61 Å². The Morgan fingerprint density at radius 3 is 2.56 bits per heavy atom. The van der Waals surface area contributed by atoms with E-state index < -0.39 is 22.5 Å². The molecule has 96 valence electrons. The number of nitrogens with zero attached hydrogens (tertiary/aromatic N) is 1. The van der Waals surface area contributed by atoms with Crippen molar-refractivity contribution in [1.82, 2.24) is 0 Å². The summed E-state index contributed by atoms with van der Waals surface area (Å²) in [5.74, 6) is -2.29. The Hall–Kier alpha value is -1.96. The number of hydrogen-bond acceptors (Lipinski definition) is 5. The van der Waals surface area contributed by atoms with Crippen LogP contribution in [-0.4, -0.2) is 28.6 Å². The van der Waals surface area contributed by atoms with Crippen LogP contribution in [0.15, 0.2) is 16.6 Å². The van der Waals surface area contributed by atoms with Gasteiger partial charge >= 0.3 is 11.9 Å². The third-order valence-electron chi connectivity index (χ3n) is 2.03. The molecule has 8 heteroatoms. The van der Waals surface area contributed by atoms with E-state index in [0.717, 1.165) is 12.1 Å². The van der Waals surface area contributed by atoms with Crippen LogP contribution in [0.4, 0.5) is 5.69 Å².